The Morgan fingerprint density at radius 3 is 2.92 bits per heavy atom. The molecule has 13 heavy (non-hydrogen) atoms. The fourth-order valence-electron chi connectivity index (χ4n) is 1.24. The zero-order valence-corrected chi connectivity index (χ0v) is 6.54. The van der Waals surface area contributed by atoms with E-state index in [1.54, 1.807) is 12.1 Å². The largest absolute Gasteiger partial charge is 0.439 e. The van der Waals surface area contributed by atoms with Crippen molar-refractivity contribution in [1.29, 1.82) is 5.26 Å². The number of rotatable bonds is 0. The van der Waals surface area contributed by atoms with Crippen molar-refractivity contribution < 1.29 is 8.81 Å². The molecule has 1 aromatic heterocycles. The first-order valence-electron chi connectivity index (χ1n) is 3.60. The molecule has 0 aliphatic rings. The van der Waals surface area contributed by atoms with E-state index < -0.39 is 5.82 Å². The van der Waals surface area contributed by atoms with Crippen molar-refractivity contribution in [2.75, 3.05) is 5.73 Å². The van der Waals surface area contributed by atoms with E-state index in [9.17, 15) is 4.39 Å². The number of fused-ring (bicyclic) bond motifs is 1. The highest BCUT2D eigenvalue weighted by atomic mass is 19.1. The van der Waals surface area contributed by atoms with Gasteiger partial charge in [-0.25, -0.2) is 4.39 Å². The summed E-state index contributed by atoms with van der Waals surface area (Å²) in [6, 6.07) is 6.13. The van der Waals surface area contributed by atoms with Gasteiger partial charge in [0.15, 0.2) is 0 Å². The molecule has 2 aromatic rings. The van der Waals surface area contributed by atoms with Crippen molar-refractivity contribution >= 4 is 16.9 Å². The summed E-state index contributed by atoms with van der Waals surface area (Å²) in [5, 5.41) is 8.83. The predicted octanol–water partition coefficient (Wildman–Crippen LogP) is 2.03. The molecule has 0 amide bonds. The third-order valence-corrected chi connectivity index (χ3v) is 1.80. The van der Waals surface area contributed by atoms with Crippen molar-refractivity contribution in [3.63, 3.8) is 0 Å². The molecule has 0 aliphatic heterocycles. The smallest absolute Gasteiger partial charge is 0.209 e. The molecule has 0 bridgehead atoms. The molecule has 0 radical (unpaired) electrons. The fraction of sp³-hybridized carbons (Fsp3) is 0. The van der Waals surface area contributed by atoms with Gasteiger partial charge in [0.2, 0.25) is 5.88 Å². The molecule has 0 saturated carbocycles. The van der Waals surface area contributed by atoms with Crippen LogP contribution in [0.5, 0.6) is 0 Å². The molecule has 2 N–H and O–H groups in total. The number of nitrogens with zero attached hydrogens (tertiary/aromatic N) is 1. The van der Waals surface area contributed by atoms with E-state index in [4.69, 9.17) is 15.4 Å². The summed E-state index contributed by atoms with van der Waals surface area (Å²) >= 11 is 0. The molecule has 64 valence electrons. The number of benzene rings is 1. The predicted molar refractivity (Wildman–Crippen MR) is 45.3 cm³/mol. The quantitative estimate of drug-likeness (QED) is 0.667. The number of anilines is 1. The minimum absolute atomic E-state index is 0.0393. The third kappa shape index (κ3) is 0.942. The van der Waals surface area contributed by atoms with Crippen LogP contribution in [0, 0.1) is 17.1 Å². The lowest BCUT2D eigenvalue weighted by molar-refractivity contribution is 0.625. The van der Waals surface area contributed by atoms with Gasteiger partial charge < -0.3 is 10.2 Å². The minimum atomic E-state index is -0.491. The Bertz CT molecular complexity index is 510. The summed E-state index contributed by atoms with van der Waals surface area (Å²) < 4.78 is 18.2. The zero-order chi connectivity index (χ0) is 9.42. The van der Waals surface area contributed by atoms with Crippen LogP contribution in [0.3, 0.4) is 0 Å². The maximum Gasteiger partial charge on any atom is 0.209 e. The van der Waals surface area contributed by atoms with Crippen molar-refractivity contribution in [1.82, 2.24) is 0 Å². The van der Waals surface area contributed by atoms with Gasteiger partial charge in [-0.15, -0.1) is 0 Å². The van der Waals surface area contributed by atoms with Crippen molar-refractivity contribution in [2.45, 2.75) is 0 Å². The lowest BCUT2D eigenvalue weighted by Crippen LogP contribution is -1.84. The van der Waals surface area contributed by atoms with Gasteiger partial charge in [0.05, 0.1) is 5.39 Å². The average Bonchev–Trinajstić information content (AvgIpc) is 2.42. The molecule has 0 atom stereocenters. The van der Waals surface area contributed by atoms with E-state index in [2.05, 4.69) is 0 Å². The number of hydrogen-bond acceptors (Lipinski definition) is 3. The number of nitriles is 1. The summed E-state index contributed by atoms with van der Waals surface area (Å²) in [5.41, 5.74) is 5.74. The van der Waals surface area contributed by atoms with E-state index in [0.29, 0.717) is 5.58 Å². The Labute approximate surface area is 73.2 Å². The number of nitrogen functional groups attached to an aromatic ring is 1. The monoisotopic (exact) mass is 176 g/mol. The molecular weight excluding hydrogens is 171 g/mol. The van der Waals surface area contributed by atoms with Gasteiger partial charge in [-0.2, -0.15) is 5.26 Å². The maximum atomic E-state index is 13.2. The lowest BCUT2D eigenvalue weighted by Gasteiger charge is -1.88. The van der Waals surface area contributed by atoms with Crippen LogP contribution in [-0.4, -0.2) is 0 Å². The normalized spacial score (nSPS) is 10.2. The van der Waals surface area contributed by atoms with E-state index in [1.165, 1.54) is 12.1 Å². The van der Waals surface area contributed by atoms with Gasteiger partial charge >= 0.3 is 0 Å². The Kier molecular flexibility index (Phi) is 1.46. The van der Waals surface area contributed by atoms with Gasteiger partial charge in [0.25, 0.3) is 0 Å². The third-order valence-electron chi connectivity index (χ3n) is 1.80. The molecule has 0 aliphatic carbocycles. The Morgan fingerprint density at radius 1 is 1.46 bits per heavy atom. The van der Waals surface area contributed by atoms with Crippen LogP contribution in [0.25, 0.3) is 11.0 Å². The van der Waals surface area contributed by atoms with Crippen molar-refractivity contribution in [3.05, 3.63) is 29.6 Å². The molecule has 0 saturated heterocycles. The first-order chi connectivity index (χ1) is 6.24. The second-order valence-corrected chi connectivity index (χ2v) is 2.57. The van der Waals surface area contributed by atoms with E-state index in [-0.39, 0.29) is 16.8 Å². The molecule has 0 unspecified atom stereocenters. The Morgan fingerprint density at radius 2 is 2.23 bits per heavy atom. The van der Waals surface area contributed by atoms with Crippen LogP contribution in [0.2, 0.25) is 0 Å². The average molecular weight is 176 g/mol. The van der Waals surface area contributed by atoms with Crippen LogP contribution >= 0.6 is 0 Å². The Balaban J connectivity index is 2.99. The van der Waals surface area contributed by atoms with Crippen LogP contribution in [-0.2, 0) is 0 Å². The van der Waals surface area contributed by atoms with Crippen LogP contribution in [0.4, 0.5) is 10.3 Å². The van der Waals surface area contributed by atoms with Crippen molar-refractivity contribution in [2.24, 2.45) is 0 Å². The molecule has 2 rings (SSSR count). The van der Waals surface area contributed by atoms with Gasteiger partial charge in [-0.3, -0.25) is 0 Å². The number of furan rings is 1. The standard InChI is InChI=1S/C9H5FN2O/c10-6-2-1-3-7-8(6)5(4-11)9(12)13-7/h1-3H,12H2. The highest BCUT2D eigenvalue weighted by Crippen LogP contribution is 2.28. The van der Waals surface area contributed by atoms with E-state index in [1.807, 2.05) is 0 Å². The summed E-state index contributed by atoms with van der Waals surface area (Å²) in [6.45, 7) is 0. The second kappa shape index (κ2) is 2.49. The summed E-state index contributed by atoms with van der Waals surface area (Å²) in [6.07, 6.45) is 0. The van der Waals surface area contributed by atoms with Crippen molar-refractivity contribution in [3.8, 4) is 6.07 Å². The van der Waals surface area contributed by atoms with Crippen LogP contribution < -0.4 is 5.73 Å². The molecule has 3 nitrogen and oxygen atoms in total. The first-order valence-corrected chi connectivity index (χ1v) is 3.60. The number of hydrogen-bond donors (Lipinski definition) is 1. The molecule has 0 fully saturated rings. The summed E-state index contributed by atoms with van der Waals surface area (Å²) in [4.78, 5) is 0. The van der Waals surface area contributed by atoms with Gasteiger partial charge in [0.1, 0.15) is 23.0 Å². The number of halogens is 1. The molecule has 1 aromatic carbocycles. The summed E-state index contributed by atoms with van der Waals surface area (Å²) in [7, 11) is 0. The van der Waals surface area contributed by atoms with Crippen LogP contribution in [0.15, 0.2) is 22.6 Å². The highest BCUT2D eigenvalue weighted by molar-refractivity contribution is 5.88. The van der Waals surface area contributed by atoms with E-state index in [0.717, 1.165) is 0 Å². The second-order valence-electron chi connectivity index (χ2n) is 2.57. The van der Waals surface area contributed by atoms with E-state index >= 15 is 0 Å². The molecule has 1 heterocycles. The van der Waals surface area contributed by atoms with Gasteiger partial charge in [0, 0.05) is 0 Å². The first kappa shape index (κ1) is 7.62. The fourth-order valence-corrected chi connectivity index (χ4v) is 1.24. The van der Waals surface area contributed by atoms with Crippen LogP contribution in [0.1, 0.15) is 5.56 Å². The minimum Gasteiger partial charge on any atom is -0.439 e. The van der Waals surface area contributed by atoms with Gasteiger partial charge in [-0.05, 0) is 12.1 Å². The topological polar surface area (TPSA) is 63.0 Å². The van der Waals surface area contributed by atoms with Gasteiger partial charge in [-0.1, -0.05) is 6.07 Å². The zero-order valence-electron chi connectivity index (χ0n) is 6.54. The SMILES string of the molecule is N#Cc1c(N)oc2cccc(F)c12. The lowest BCUT2D eigenvalue weighted by atomic mass is 10.2. The molecule has 4 heteroatoms. The Hall–Kier alpha value is -2.02. The summed E-state index contributed by atoms with van der Waals surface area (Å²) in [5.74, 6) is -0.530. The maximum absolute atomic E-state index is 13.2. The molecular formula is C9H5FN2O. The highest BCUT2D eigenvalue weighted by Gasteiger charge is 2.14. The number of nitrogens with two attached hydrogens (primary N) is 1. The molecule has 0 spiro atoms.